The third-order valence-electron chi connectivity index (χ3n) is 6.98. The molecular weight excluding hydrogens is 484 g/mol. The minimum atomic E-state index is -0.262. The van der Waals surface area contributed by atoms with Crippen LogP contribution in [0.1, 0.15) is 22.3 Å². The molecule has 9 heteroatoms. The Balaban J connectivity index is 1.35. The van der Waals surface area contributed by atoms with E-state index in [1.165, 1.54) is 0 Å². The molecule has 0 saturated carbocycles. The van der Waals surface area contributed by atoms with Gasteiger partial charge in [0.25, 0.3) is 5.91 Å². The fourth-order valence-corrected chi connectivity index (χ4v) is 4.95. The summed E-state index contributed by atoms with van der Waals surface area (Å²) in [6.45, 7) is 0. The number of hydrogen-bond acceptors (Lipinski definition) is 8. The Morgan fingerprint density at radius 2 is 1.92 bits per heavy atom. The maximum atomic E-state index is 13.1. The zero-order valence-corrected chi connectivity index (χ0v) is 21.7. The second-order valence-corrected chi connectivity index (χ2v) is 9.11. The van der Waals surface area contributed by atoms with Gasteiger partial charge in [-0.15, -0.1) is 0 Å². The lowest BCUT2D eigenvalue weighted by Crippen LogP contribution is -2.41. The highest BCUT2D eigenvalue weighted by molar-refractivity contribution is 6.06. The second kappa shape index (κ2) is 10.4. The van der Waals surface area contributed by atoms with Crippen molar-refractivity contribution in [2.45, 2.75) is 12.6 Å². The summed E-state index contributed by atoms with van der Waals surface area (Å²) in [6, 6.07) is 14.6. The molecule has 0 bridgehead atoms. The molecular formula is C29H30N4O5. The van der Waals surface area contributed by atoms with E-state index in [1.54, 1.807) is 57.9 Å². The Morgan fingerprint density at radius 3 is 2.68 bits per heavy atom. The first kappa shape index (κ1) is 25.0. The molecule has 1 aliphatic heterocycles. The monoisotopic (exact) mass is 514 g/mol. The summed E-state index contributed by atoms with van der Waals surface area (Å²) in [6.07, 6.45) is 5.70. The zero-order chi connectivity index (χ0) is 26.8. The fraction of sp³-hybridized carbons (Fsp3) is 0.241. The predicted molar refractivity (Wildman–Crippen MR) is 147 cm³/mol. The third kappa shape index (κ3) is 4.58. The van der Waals surface area contributed by atoms with Crippen molar-refractivity contribution < 1.29 is 24.1 Å². The van der Waals surface area contributed by atoms with Crippen molar-refractivity contribution in [3.05, 3.63) is 83.8 Å². The topological polar surface area (TPSA) is 105 Å². The standard InChI is InChI=1S/C29H30N4O5/c1-33-24-15-18(28(35)32-23-11-9-19(36-2)16-26(23)37-3)7-10-22(24)31-27(33)21-14-17(8-12-25(21)34)20-6-5-13-30-29(20)38-4/h5-13,15-16,21,27,31,34H,14H2,1-4H3,(H,32,35). The third-order valence-corrected chi connectivity index (χ3v) is 6.98. The van der Waals surface area contributed by atoms with Crippen LogP contribution in [0.25, 0.3) is 5.57 Å². The van der Waals surface area contributed by atoms with E-state index in [0.29, 0.717) is 40.8 Å². The van der Waals surface area contributed by atoms with Crippen molar-refractivity contribution in [1.29, 1.82) is 0 Å². The highest BCUT2D eigenvalue weighted by atomic mass is 16.5. The summed E-state index contributed by atoms with van der Waals surface area (Å²) in [5.74, 6) is 1.49. The molecule has 0 saturated heterocycles. The summed E-state index contributed by atoms with van der Waals surface area (Å²) in [7, 11) is 6.67. The average molecular weight is 515 g/mol. The van der Waals surface area contributed by atoms with Crippen molar-refractivity contribution in [3.8, 4) is 17.4 Å². The molecule has 196 valence electrons. The number of carbonyl (C=O) groups is 1. The van der Waals surface area contributed by atoms with E-state index >= 15 is 0 Å². The fourth-order valence-electron chi connectivity index (χ4n) is 4.95. The van der Waals surface area contributed by atoms with Gasteiger partial charge in [-0.25, -0.2) is 4.98 Å². The maximum Gasteiger partial charge on any atom is 0.255 e. The van der Waals surface area contributed by atoms with Crippen LogP contribution in [-0.2, 0) is 0 Å². The molecule has 1 amide bonds. The van der Waals surface area contributed by atoms with E-state index in [0.717, 1.165) is 22.5 Å². The van der Waals surface area contributed by atoms with Crippen molar-refractivity contribution in [2.75, 3.05) is 43.9 Å². The van der Waals surface area contributed by atoms with E-state index < -0.39 is 0 Å². The summed E-state index contributed by atoms with van der Waals surface area (Å²) < 4.78 is 16.1. The van der Waals surface area contributed by atoms with Crippen molar-refractivity contribution in [3.63, 3.8) is 0 Å². The maximum absolute atomic E-state index is 13.1. The average Bonchev–Trinajstić information content (AvgIpc) is 3.28. The summed E-state index contributed by atoms with van der Waals surface area (Å²) in [5, 5.41) is 17.3. The van der Waals surface area contributed by atoms with Crippen LogP contribution >= 0.6 is 0 Å². The Labute approximate surface area is 221 Å². The molecule has 38 heavy (non-hydrogen) atoms. The SMILES string of the molecule is COc1ccc(NC(=O)c2ccc3c(c2)N(C)C(C2CC(c4cccnc4OC)=CC=C2O)N3)c(OC)c1. The summed E-state index contributed by atoms with van der Waals surface area (Å²) in [4.78, 5) is 19.5. The lowest BCUT2D eigenvalue weighted by molar-refractivity contribution is 0.102. The lowest BCUT2D eigenvalue weighted by Gasteiger charge is -2.32. The number of benzene rings is 2. The minimum Gasteiger partial charge on any atom is -0.512 e. The molecule has 0 spiro atoms. The normalized spacial score (nSPS) is 18.1. The number of fused-ring (bicyclic) bond motifs is 1. The Morgan fingerprint density at radius 1 is 1.08 bits per heavy atom. The molecule has 2 aliphatic rings. The van der Waals surface area contributed by atoms with Gasteiger partial charge in [-0.1, -0.05) is 6.08 Å². The summed E-state index contributed by atoms with van der Waals surface area (Å²) in [5.41, 5.74) is 4.73. The first-order valence-electron chi connectivity index (χ1n) is 12.2. The van der Waals surface area contributed by atoms with Crippen LogP contribution in [0.4, 0.5) is 17.1 Å². The molecule has 2 unspecified atom stereocenters. The van der Waals surface area contributed by atoms with Gasteiger partial charge in [0.15, 0.2) is 0 Å². The first-order chi connectivity index (χ1) is 18.4. The van der Waals surface area contributed by atoms with Gasteiger partial charge in [-0.05, 0) is 60.5 Å². The van der Waals surface area contributed by atoms with Crippen molar-refractivity contribution >= 4 is 28.5 Å². The van der Waals surface area contributed by atoms with Crippen LogP contribution in [0.5, 0.6) is 17.4 Å². The van der Waals surface area contributed by atoms with E-state index in [-0.39, 0.29) is 18.0 Å². The van der Waals surface area contributed by atoms with Crippen molar-refractivity contribution in [2.24, 2.45) is 5.92 Å². The number of ether oxygens (including phenoxy) is 3. The van der Waals surface area contributed by atoms with Crippen LogP contribution in [0.3, 0.4) is 0 Å². The number of rotatable bonds is 7. The minimum absolute atomic E-state index is 0.215. The molecule has 9 nitrogen and oxygen atoms in total. The number of anilines is 3. The highest BCUT2D eigenvalue weighted by Gasteiger charge is 2.37. The number of amides is 1. The van der Waals surface area contributed by atoms with E-state index in [2.05, 4.69) is 20.5 Å². The quantitative estimate of drug-likeness (QED) is 0.400. The van der Waals surface area contributed by atoms with Crippen LogP contribution in [0.15, 0.2) is 72.6 Å². The number of allylic oxidation sites excluding steroid dienone is 3. The molecule has 3 N–H and O–H groups in total. The van der Waals surface area contributed by atoms with E-state index in [4.69, 9.17) is 14.2 Å². The molecule has 0 fully saturated rings. The second-order valence-electron chi connectivity index (χ2n) is 9.11. The molecule has 2 atom stereocenters. The van der Waals surface area contributed by atoms with E-state index in [9.17, 15) is 9.90 Å². The number of pyridine rings is 1. The molecule has 0 radical (unpaired) electrons. The number of hydrogen-bond donors (Lipinski definition) is 3. The van der Waals surface area contributed by atoms with Crippen LogP contribution in [0.2, 0.25) is 0 Å². The summed E-state index contributed by atoms with van der Waals surface area (Å²) >= 11 is 0. The molecule has 2 heterocycles. The van der Waals surface area contributed by atoms with Gasteiger partial charge >= 0.3 is 0 Å². The molecule has 1 aromatic heterocycles. The van der Waals surface area contributed by atoms with Gasteiger partial charge in [0, 0.05) is 30.4 Å². The van der Waals surface area contributed by atoms with Crippen LogP contribution in [-0.4, -0.2) is 50.5 Å². The molecule has 5 rings (SSSR count). The van der Waals surface area contributed by atoms with Crippen LogP contribution in [0, 0.1) is 5.92 Å². The van der Waals surface area contributed by atoms with Crippen molar-refractivity contribution in [1.82, 2.24) is 4.98 Å². The van der Waals surface area contributed by atoms with Gasteiger partial charge in [-0.2, -0.15) is 0 Å². The lowest BCUT2D eigenvalue weighted by atomic mass is 9.86. The number of aromatic nitrogens is 1. The first-order valence-corrected chi connectivity index (χ1v) is 12.2. The van der Waals surface area contributed by atoms with Gasteiger partial charge in [0.2, 0.25) is 5.88 Å². The number of carbonyl (C=O) groups excluding carboxylic acids is 1. The Kier molecular flexibility index (Phi) is 6.83. The number of nitrogens with zero attached hydrogens (tertiary/aromatic N) is 2. The smallest absolute Gasteiger partial charge is 0.255 e. The Bertz CT molecular complexity index is 1430. The van der Waals surface area contributed by atoms with Gasteiger partial charge in [0.05, 0.1) is 50.1 Å². The van der Waals surface area contributed by atoms with E-state index in [1.807, 2.05) is 37.4 Å². The molecule has 3 aromatic rings. The highest BCUT2D eigenvalue weighted by Crippen LogP contribution is 2.43. The van der Waals surface area contributed by atoms with Gasteiger partial charge in [0.1, 0.15) is 17.7 Å². The van der Waals surface area contributed by atoms with Crippen LogP contribution < -0.4 is 29.7 Å². The zero-order valence-electron chi connectivity index (χ0n) is 21.7. The number of nitrogens with one attached hydrogen (secondary N) is 2. The molecule has 1 aliphatic carbocycles. The van der Waals surface area contributed by atoms with Gasteiger partial charge < -0.3 is 34.9 Å². The number of aliphatic hydroxyl groups is 1. The van der Waals surface area contributed by atoms with Gasteiger partial charge in [-0.3, -0.25) is 4.79 Å². The molecule has 2 aromatic carbocycles. The number of aliphatic hydroxyl groups excluding tert-OH is 1. The predicted octanol–water partition coefficient (Wildman–Crippen LogP) is 5.09. The largest absolute Gasteiger partial charge is 0.512 e. The number of methoxy groups -OCH3 is 3. The Hall–Kier alpha value is -4.66.